The summed E-state index contributed by atoms with van der Waals surface area (Å²) in [5.74, 6) is -0.562. The summed E-state index contributed by atoms with van der Waals surface area (Å²) in [5, 5.41) is 0. The summed E-state index contributed by atoms with van der Waals surface area (Å²) in [7, 11) is 1.41. The number of aryl methyl sites for hydroxylation is 1. The zero-order valence-corrected chi connectivity index (χ0v) is 12.0. The lowest BCUT2D eigenvalue weighted by atomic mass is 10.3. The van der Waals surface area contributed by atoms with Crippen LogP contribution in [0.5, 0.6) is 5.75 Å². The molecule has 0 aliphatic heterocycles. The van der Waals surface area contributed by atoms with Crippen LogP contribution in [0.15, 0.2) is 16.6 Å². The molecule has 0 fully saturated rings. The van der Waals surface area contributed by atoms with Crippen LogP contribution < -0.4 is 4.74 Å². The number of methoxy groups -OCH3 is 1. The zero-order valence-electron chi connectivity index (χ0n) is 10.4. The Balaban J connectivity index is 2.83. The Morgan fingerprint density at radius 1 is 1.37 bits per heavy atom. The first-order chi connectivity index (χ1) is 8.90. The maximum atomic E-state index is 13.0. The molecule has 1 heterocycles. The van der Waals surface area contributed by atoms with E-state index < -0.39 is 12.0 Å². The fraction of sp³-hybridized carbons (Fsp3) is 0.417. The molecule has 0 spiro atoms. The molecule has 1 aromatic heterocycles. The van der Waals surface area contributed by atoms with Gasteiger partial charge in [0.1, 0.15) is 11.3 Å². The second-order valence-corrected chi connectivity index (χ2v) is 4.89. The number of hydrogen-bond acceptors (Lipinski definition) is 2. The van der Waals surface area contributed by atoms with Crippen molar-refractivity contribution in [3.63, 3.8) is 0 Å². The summed E-state index contributed by atoms with van der Waals surface area (Å²) in [6, 6.07) is 3.25. The molecule has 0 saturated carbocycles. The fourth-order valence-corrected chi connectivity index (χ4v) is 2.53. The van der Waals surface area contributed by atoms with Crippen molar-refractivity contribution in [1.29, 1.82) is 0 Å². The molecule has 104 valence electrons. The van der Waals surface area contributed by atoms with Crippen LogP contribution in [0.1, 0.15) is 19.2 Å². The van der Waals surface area contributed by atoms with Gasteiger partial charge in [0, 0.05) is 11.0 Å². The van der Waals surface area contributed by atoms with Crippen LogP contribution in [0.25, 0.3) is 11.0 Å². The SMILES string of the molecule is CCCn1c(C(F)(F)F)nc2c(OC)ccc(Br)c21. The second kappa shape index (κ2) is 5.03. The maximum Gasteiger partial charge on any atom is 0.449 e. The van der Waals surface area contributed by atoms with Crippen LogP contribution >= 0.6 is 15.9 Å². The van der Waals surface area contributed by atoms with Crippen molar-refractivity contribution in [2.24, 2.45) is 0 Å². The lowest BCUT2D eigenvalue weighted by Gasteiger charge is -2.10. The van der Waals surface area contributed by atoms with Gasteiger partial charge in [-0.1, -0.05) is 6.92 Å². The smallest absolute Gasteiger partial charge is 0.449 e. The van der Waals surface area contributed by atoms with Crippen LogP contribution in [0, 0.1) is 0 Å². The summed E-state index contributed by atoms with van der Waals surface area (Å²) in [6.07, 6.45) is -3.91. The summed E-state index contributed by atoms with van der Waals surface area (Å²) < 4.78 is 45.9. The molecule has 3 nitrogen and oxygen atoms in total. The molecule has 7 heteroatoms. The monoisotopic (exact) mass is 336 g/mol. The molecule has 0 N–H and O–H groups in total. The van der Waals surface area contributed by atoms with Crippen molar-refractivity contribution < 1.29 is 17.9 Å². The lowest BCUT2D eigenvalue weighted by molar-refractivity contribution is -0.146. The number of aromatic nitrogens is 2. The number of halogens is 4. The van der Waals surface area contributed by atoms with E-state index in [0.29, 0.717) is 22.2 Å². The third kappa shape index (κ3) is 2.43. The summed E-state index contributed by atoms with van der Waals surface area (Å²) >= 11 is 3.28. The highest BCUT2D eigenvalue weighted by Gasteiger charge is 2.38. The minimum absolute atomic E-state index is 0.220. The number of hydrogen-bond donors (Lipinski definition) is 0. The number of rotatable bonds is 3. The first-order valence-corrected chi connectivity index (χ1v) is 6.49. The molecular weight excluding hydrogens is 325 g/mol. The van der Waals surface area contributed by atoms with Crippen LogP contribution in [0.3, 0.4) is 0 Å². The third-order valence-corrected chi connectivity index (χ3v) is 3.37. The highest BCUT2D eigenvalue weighted by atomic mass is 79.9. The molecule has 2 rings (SSSR count). The van der Waals surface area contributed by atoms with Gasteiger partial charge in [0.05, 0.1) is 12.6 Å². The van der Waals surface area contributed by atoms with Gasteiger partial charge in [-0.3, -0.25) is 0 Å². The number of nitrogens with zero attached hydrogens (tertiary/aromatic N) is 2. The number of fused-ring (bicyclic) bond motifs is 1. The molecule has 2 aromatic rings. The molecule has 0 aliphatic carbocycles. The van der Waals surface area contributed by atoms with Gasteiger partial charge < -0.3 is 9.30 Å². The number of alkyl halides is 3. The molecule has 0 unspecified atom stereocenters. The van der Waals surface area contributed by atoms with Crippen LogP contribution in [0.4, 0.5) is 13.2 Å². The highest BCUT2D eigenvalue weighted by Crippen LogP contribution is 2.37. The Labute approximate surface area is 116 Å². The topological polar surface area (TPSA) is 27.1 Å². The minimum Gasteiger partial charge on any atom is -0.494 e. The van der Waals surface area contributed by atoms with E-state index in [-0.39, 0.29) is 12.1 Å². The van der Waals surface area contributed by atoms with Crippen molar-refractivity contribution in [3.8, 4) is 5.75 Å². The maximum absolute atomic E-state index is 13.0. The zero-order chi connectivity index (χ0) is 14.2. The number of ether oxygens (including phenoxy) is 1. The van der Waals surface area contributed by atoms with Crippen molar-refractivity contribution in [2.45, 2.75) is 26.1 Å². The van der Waals surface area contributed by atoms with Crippen molar-refractivity contribution >= 4 is 27.0 Å². The van der Waals surface area contributed by atoms with Gasteiger partial charge in [0.25, 0.3) is 0 Å². The van der Waals surface area contributed by atoms with E-state index in [0.717, 1.165) is 0 Å². The lowest BCUT2D eigenvalue weighted by Crippen LogP contribution is -2.15. The summed E-state index contributed by atoms with van der Waals surface area (Å²) in [5.41, 5.74) is 0.631. The Hall–Kier alpha value is -1.24. The van der Waals surface area contributed by atoms with Gasteiger partial charge in [0.15, 0.2) is 0 Å². The first kappa shape index (κ1) is 14.2. The molecule has 0 bridgehead atoms. The Morgan fingerprint density at radius 3 is 2.58 bits per heavy atom. The van der Waals surface area contributed by atoms with Crippen LogP contribution in [-0.4, -0.2) is 16.7 Å². The standard InChI is InChI=1S/C12H12BrF3N2O/c1-3-6-18-10-7(13)4-5-8(19-2)9(10)17-11(18)12(14,15)16/h4-5H,3,6H2,1-2H3. The molecule has 19 heavy (non-hydrogen) atoms. The largest absolute Gasteiger partial charge is 0.494 e. The quantitative estimate of drug-likeness (QED) is 0.838. The molecule has 0 atom stereocenters. The predicted molar refractivity (Wildman–Crippen MR) is 69.3 cm³/mol. The van der Waals surface area contributed by atoms with Crippen molar-refractivity contribution in [2.75, 3.05) is 7.11 Å². The van der Waals surface area contributed by atoms with E-state index in [1.165, 1.54) is 11.7 Å². The normalized spacial score (nSPS) is 12.1. The van der Waals surface area contributed by atoms with Crippen molar-refractivity contribution in [1.82, 2.24) is 9.55 Å². The molecule has 0 radical (unpaired) electrons. The van der Waals surface area contributed by atoms with Gasteiger partial charge in [0.2, 0.25) is 5.82 Å². The molecule has 0 amide bonds. The van der Waals surface area contributed by atoms with Crippen LogP contribution in [-0.2, 0) is 12.7 Å². The van der Waals surface area contributed by atoms with E-state index in [1.807, 2.05) is 6.92 Å². The van der Waals surface area contributed by atoms with E-state index in [9.17, 15) is 13.2 Å². The Bertz CT molecular complexity index is 607. The van der Waals surface area contributed by atoms with Gasteiger partial charge in [-0.15, -0.1) is 0 Å². The molecule has 1 aromatic carbocycles. The van der Waals surface area contributed by atoms with Crippen LogP contribution in [0.2, 0.25) is 0 Å². The van der Waals surface area contributed by atoms with Gasteiger partial charge in [-0.25, -0.2) is 4.98 Å². The highest BCUT2D eigenvalue weighted by molar-refractivity contribution is 9.10. The van der Waals surface area contributed by atoms with Gasteiger partial charge >= 0.3 is 6.18 Å². The number of imidazole rings is 1. The Kier molecular flexibility index (Phi) is 3.75. The average molecular weight is 337 g/mol. The van der Waals surface area contributed by atoms with Gasteiger partial charge in [-0.2, -0.15) is 13.2 Å². The predicted octanol–water partition coefficient (Wildman–Crippen LogP) is 4.24. The van der Waals surface area contributed by atoms with Crippen molar-refractivity contribution in [3.05, 3.63) is 22.4 Å². The first-order valence-electron chi connectivity index (χ1n) is 5.70. The molecular formula is C12H12BrF3N2O. The third-order valence-electron chi connectivity index (χ3n) is 2.73. The average Bonchev–Trinajstić information content (AvgIpc) is 2.71. The van der Waals surface area contributed by atoms with E-state index in [1.54, 1.807) is 12.1 Å². The fourth-order valence-electron chi connectivity index (χ4n) is 2.00. The second-order valence-electron chi connectivity index (χ2n) is 4.03. The minimum atomic E-state index is -4.49. The van der Waals surface area contributed by atoms with E-state index in [4.69, 9.17) is 4.74 Å². The summed E-state index contributed by atoms with van der Waals surface area (Å²) in [6.45, 7) is 2.07. The van der Waals surface area contributed by atoms with E-state index in [2.05, 4.69) is 20.9 Å². The molecule has 0 saturated heterocycles. The number of benzene rings is 1. The van der Waals surface area contributed by atoms with E-state index >= 15 is 0 Å². The van der Waals surface area contributed by atoms with Gasteiger partial charge in [-0.05, 0) is 34.5 Å². The summed E-state index contributed by atoms with van der Waals surface area (Å²) in [4.78, 5) is 3.72. The Morgan fingerprint density at radius 2 is 2.05 bits per heavy atom. The molecule has 0 aliphatic rings.